The van der Waals surface area contributed by atoms with E-state index in [1.54, 1.807) is 7.05 Å². The number of ether oxygens (including phenoxy) is 1. The van der Waals surface area contributed by atoms with Gasteiger partial charge in [-0.25, -0.2) is 13.2 Å². The van der Waals surface area contributed by atoms with Crippen molar-refractivity contribution in [3.05, 3.63) is 0 Å². The summed E-state index contributed by atoms with van der Waals surface area (Å²) in [6.07, 6.45) is 1.34. The maximum atomic E-state index is 11.9. The predicted octanol–water partition coefficient (Wildman–Crippen LogP) is 1.85. The third-order valence-corrected chi connectivity index (χ3v) is 4.04. The fraction of sp³-hybridized carbons (Fsp3) is 0.875. The quantitative estimate of drug-likeness (QED) is 0.296. The van der Waals surface area contributed by atoms with Crippen molar-refractivity contribution in [2.24, 2.45) is 4.99 Å². The number of aliphatic imine (C=N–C) groups is 1. The maximum Gasteiger partial charge on any atom is 0.410 e. The number of nitrogens with one attached hydrogen (secondary N) is 2. The Hall–Kier alpha value is -0.780. The van der Waals surface area contributed by atoms with Crippen molar-refractivity contribution < 1.29 is 17.9 Å². The van der Waals surface area contributed by atoms with Crippen molar-refractivity contribution in [2.45, 2.75) is 52.7 Å². The highest BCUT2D eigenvalue weighted by atomic mass is 127. The summed E-state index contributed by atoms with van der Waals surface area (Å²) in [7, 11) is -1.31. The average molecular weight is 506 g/mol. The number of likely N-dealkylation sites (N-methyl/N-ethyl adjacent to an activating group) is 1. The van der Waals surface area contributed by atoms with E-state index in [9.17, 15) is 13.2 Å². The molecule has 0 aliphatic carbocycles. The number of rotatable bonds is 8. The average Bonchev–Trinajstić information content (AvgIpc) is 2.42. The van der Waals surface area contributed by atoms with E-state index in [2.05, 4.69) is 15.6 Å². The van der Waals surface area contributed by atoms with Crippen LogP contribution >= 0.6 is 24.0 Å². The zero-order valence-electron chi connectivity index (χ0n) is 17.0. The van der Waals surface area contributed by atoms with Gasteiger partial charge in [0, 0.05) is 32.4 Å². The van der Waals surface area contributed by atoms with Gasteiger partial charge in [0.2, 0.25) is 0 Å². The molecule has 1 unspecified atom stereocenters. The van der Waals surface area contributed by atoms with Gasteiger partial charge in [0.05, 0.1) is 12.3 Å². The fourth-order valence-corrected chi connectivity index (χ4v) is 2.54. The van der Waals surface area contributed by atoms with E-state index in [-0.39, 0.29) is 41.9 Å². The standard InChI is InChI=1S/C16H34N4O4S.HI/c1-8-17-14(19-13(2)9-12-25(7,22)23)18-10-11-20(6)15(21)24-16(3,4)5;/h13H,8-12H2,1-7H3,(H2,17,18,19);1H. The number of guanidine groups is 1. The number of sulfone groups is 1. The van der Waals surface area contributed by atoms with Crippen LogP contribution in [0.5, 0.6) is 0 Å². The Morgan fingerprint density at radius 3 is 2.35 bits per heavy atom. The van der Waals surface area contributed by atoms with E-state index in [4.69, 9.17) is 4.74 Å². The molecule has 0 heterocycles. The van der Waals surface area contributed by atoms with E-state index in [1.807, 2.05) is 34.6 Å². The SMILES string of the molecule is CCNC(=NCCN(C)C(=O)OC(C)(C)C)NC(C)CCS(C)(=O)=O.I. The van der Waals surface area contributed by atoms with Crippen molar-refractivity contribution >= 4 is 45.9 Å². The third-order valence-electron chi connectivity index (χ3n) is 3.06. The predicted molar refractivity (Wildman–Crippen MR) is 117 cm³/mol. The van der Waals surface area contributed by atoms with Gasteiger partial charge in [-0.1, -0.05) is 0 Å². The molecular formula is C16H35IN4O4S. The molecule has 0 radical (unpaired) electrons. The maximum absolute atomic E-state index is 11.9. The molecule has 156 valence electrons. The second-order valence-electron chi connectivity index (χ2n) is 7.13. The van der Waals surface area contributed by atoms with E-state index >= 15 is 0 Å². The summed E-state index contributed by atoms with van der Waals surface area (Å²) in [5, 5.41) is 6.28. The molecule has 0 rings (SSSR count). The summed E-state index contributed by atoms with van der Waals surface area (Å²) >= 11 is 0. The highest BCUT2D eigenvalue weighted by Crippen LogP contribution is 2.08. The Morgan fingerprint density at radius 1 is 1.31 bits per heavy atom. The fourth-order valence-electron chi connectivity index (χ4n) is 1.76. The Labute approximate surface area is 175 Å². The van der Waals surface area contributed by atoms with Gasteiger partial charge in [-0.2, -0.15) is 0 Å². The van der Waals surface area contributed by atoms with Gasteiger partial charge < -0.3 is 20.3 Å². The first-order chi connectivity index (χ1) is 11.3. The van der Waals surface area contributed by atoms with Gasteiger partial charge in [0.15, 0.2) is 5.96 Å². The molecule has 0 aromatic carbocycles. The molecule has 0 aromatic heterocycles. The lowest BCUT2D eigenvalue weighted by Crippen LogP contribution is -2.43. The first-order valence-electron chi connectivity index (χ1n) is 8.50. The lowest BCUT2D eigenvalue weighted by molar-refractivity contribution is 0.0304. The number of nitrogens with zero attached hydrogens (tertiary/aromatic N) is 2. The van der Waals surface area contributed by atoms with Gasteiger partial charge in [0.25, 0.3) is 0 Å². The smallest absolute Gasteiger partial charge is 0.410 e. The molecule has 0 saturated carbocycles. The highest BCUT2D eigenvalue weighted by molar-refractivity contribution is 14.0. The zero-order chi connectivity index (χ0) is 19.7. The van der Waals surface area contributed by atoms with Gasteiger partial charge >= 0.3 is 6.09 Å². The monoisotopic (exact) mass is 506 g/mol. The molecule has 1 atom stereocenters. The van der Waals surface area contributed by atoms with Crippen LogP contribution in [0, 0.1) is 0 Å². The Bertz CT molecular complexity index is 547. The van der Waals surface area contributed by atoms with Crippen molar-refractivity contribution in [3.8, 4) is 0 Å². The lowest BCUT2D eigenvalue weighted by atomic mass is 10.2. The summed E-state index contributed by atoms with van der Waals surface area (Å²) in [6.45, 7) is 10.8. The van der Waals surface area contributed by atoms with Crippen LogP contribution in [0.25, 0.3) is 0 Å². The van der Waals surface area contributed by atoms with Crippen LogP contribution in [0.4, 0.5) is 4.79 Å². The Kier molecular flexibility index (Phi) is 13.3. The molecule has 0 spiro atoms. The van der Waals surface area contributed by atoms with E-state index in [0.717, 1.165) is 0 Å². The Morgan fingerprint density at radius 2 is 1.88 bits per heavy atom. The van der Waals surface area contributed by atoms with Crippen LogP contribution in [-0.4, -0.2) is 75.7 Å². The summed E-state index contributed by atoms with van der Waals surface area (Å²) in [5.74, 6) is 0.725. The number of halogens is 1. The highest BCUT2D eigenvalue weighted by Gasteiger charge is 2.19. The minimum Gasteiger partial charge on any atom is -0.444 e. The van der Waals surface area contributed by atoms with Gasteiger partial charge in [0.1, 0.15) is 15.4 Å². The molecule has 26 heavy (non-hydrogen) atoms. The number of amides is 1. The van der Waals surface area contributed by atoms with Gasteiger partial charge in [-0.3, -0.25) is 4.99 Å². The molecule has 2 N–H and O–H groups in total. The molecule has 10 heteroatoms. The lowest BCUT2D eigenvalue weighted by Gasteiger charge is -2.24. The summed E-state index contributed by atoms with van der Waals surface area (Å²) < 4.78 is 27.8. The van der Waals surface area contributed by atoms with Crippen LogP contribution in [0.15, 0.2) is 4.99 Å². The number of carbonyl (C=O) groups excluding carboxylic acids is 1. The van der Waals surface area contributed by atoms with Crippen LogP contribution < -0.4 is 10.6 Å². The topological polar surface area (TPSA) is 100 Å². The van der Waals surface area contributed by atoms with Crippen molar-refractivity contribution in [2.75, 3.05) is 38.7 Å². The van der Waals surface area contributed by atoms with Crippen LogP contribution in [-0.2, 0) is 14.6 Å². The second kappa shape index (κ2) is 12.6. The molecule has 0 aliphatic rings. The van der Waals surface area contributed by atoms with Crippen molar-refractivity contribution in [1.82, 2.24) is 15.5 Å². The minimum atomic E-state index is -2.98. The molecular weight excluding hydrogens is 471 g/mol. The van der Waals surface area contributed by atoms with Crippen LogP contribution in [0.2, 0.25) is 0 Å². The summed E-state index contributed by atoms with van der Waals surface area (Å²) in [4.78, 5) is 17.8. The molecule has 0 bridgehead atoms. The molecule has 0 aromatic rings. The molecule has 0 fully saturated rings. The van der Waals surface area contributed by atoms with Crippen molar-refractivity contribution in [1.29, 1.82) is 0 Å². The van der Waals surface area contributed by atoms with Crippen LogP contribution in [0.3, 0.4) is 0 Å². The first kappa shape index (κ1) is 27.4. The van der Waals surface area contributed by atoms with Gasteiger partial charge in [-0.05, 0) is 41.0 Å². The number of carbonyl (C=O) groups is 1. The summed E-state index contributed by atoms with van der Waals surface area (Å²) in [5.41, 5.74) is -0.528. The largest absolute Gasteiger partial charge is 0.444 e. The van der Waals surface area contributed by atoms with Crippen molar-refractivity contribution in [3.63, 3.8) is 0 Å². The molecule has 0 saturated heterocycles. The van der Waals surface area contributed by atoms with Gasteiger partial charge in [-0.15, -0.1) is 24.0 Å². The first-order valence-corrected chi connectivity index (χ1v) is 10.6. The minimum absolute atomic E-state index is 0. The van der Waals surface area contributed by atoms with E-state index in [0.29, 0.717) is 32.0 Å². The third kappa shape index (κ3) is 15.5. The normalized spacial score (nSPS) is 13.4. The number of hydrogen-bond acceptors (Lipinski definition) is 5. The van der Waals surface area contributed by atoms with E-state index < -0.39 is 15.4 Å². The Balaban J connectivity index is 0. The molecule has 1 amide bonds. The summed E-state index contributed by atoms with van der Waals surface area (Å²) in [6, 6.07) is -0.0314. The zero-order valence-corrected chi connectivity index (χ0v) is 20.1. The second-order valence-corrected chi connectivity index (χ2v) is 9.39. The van der Waals surface area contributed by atoms with Crippen LogP contribution in [0.1, 0.15) is 41.0 Å². The van der Waals surface area contributed by atoms with E-state index in [1.165, 1.54) is 11.2 Å². The molecule has 8 nitrogen and oxygen atoms in total. The number of hydrogen-bond donors (Lipinski definition) is 2. The molecule has 0 aliphatic heterocycles.